The highest BCUT2D eigenvalue weighted by Crippen LogP contribution is 2.36. The van der Waals surface area contributed by atoms with Crippen LogP contribution >= 0.6 is 11.8 Å². The van der Waals surface area contributed by atoms with Crippen molar-refractivity contribution >= 4 is 17.7 Å². The molecule has 0 bridgehead atoms. The standard InChI is InChI=1S/C12H19N5O2S/c1-12(19)5-2-6-16(8-12)10(18)7-20-11-13-14-15-17(11)9-3-4-9/h9,19H,2-8H2,1H3. The van der Waals surface area contributed by atoms with Crippen molar-refractivity contribution in [3.63, 3.8) is 0 Å². The van der Waals surface area contributed by atoms with Gasteiger partial charge >= 0.3 is 0 Å². The summed E-state index contributed by atoms with van der Waals surface area (Å²) in [6, 6.07) is 0.415. The number of β-amino-alcohol motifs (C(OH)–C–C–N with tert-alkyl or cyclic N) is 1. The minimum atomic E-state index is -0.756. The summed E-state index contributed by atoms with van der Waals surface area (Å²) in [6.07, 6.45) is 3.83. The number of hydrogen-bond acceptors (Lipinski definition) is 6. The Morgan fingerprint density at radius 1 is 1.55 bits per heavy atom. The van der Waals surface area contributed by atoms with Gasteiger partial charge in [0.1, 0.15) is 0 Å². The third-order valence-electron chi connectivity index (χ3n) is 3.71. The Balaban J connectivity index is 1.55. The summed E-state index contributed by atoms with van der Waals surface area (Å²) in [4.78, 5) is 13.9. The smallest absolute Gasteiger partial charge is 0.233 e. The molecule has 1 aromatic heterocycles. The first-order valence-electron chi connectivity index (χ1n) is 6.96. The molecule has 2 aliphatic rings. The molecule has 3 rings (SSSR count). The van der Waals surface area contributed by atoms with E-state index in [0.29, 0.717) is 23.5 Å². The second kappa shape index (κ2) is 5.33. The molecule has 8 heteroatoms. The highest BCUT2D eigenvalue weighted by Gasteiger charge is 2.32. The number of tetrazole rings is 1. The van der Waals surface area contributed by atoms with E-state index in [1.165, 1.54) is 11.8 Å². The number of amides is 1. The largest absolute Gasteiger partial charge is 0.388 e. The summed E-state index contributed by atoms with van der Waals surface area (Å²) < 4.78 is 1.81. The molecule has 1 aliphatic carbocycles. The number of carbonyl (C=O) groups excluding carboxylic acids is 1. The van der Waals surface area contributed by atoms with Gasteiger partial charge in [-0.25, -0.2) is 4.68 Å². The van der Waals surface area contributed by atoms with Crippen LogP contribution in [0.2, 0.25) is 0 Å². The predicted octanol–water partition coefficient (Wildman–Crippen LogP) is 0.473. The first-order valence-corrected chi connectivity index (χ1v) is 7.94. The molecule has 2 fully saturated rings. The second-order valence-electron chi connectivity index (χ2n) is 5.84. The molecule has 2 heterocycles. The Bertz CT molecular complexity index is 500. The molecule has 7 nitrogen and oxygen atoms in total. The van der Waals surface area contributed by atoms with Gasteiger partial charge in [0.25, 0.3) is 0 Å². The zero-order valence-electron chi connectivity index (χ0n) is 11.5. The second-order valence-corrected chi connectivity index (χ2v) is 6.78. The number of aromatic nitrogens is 4. The van der Waals surface area contributed by atoms with Gasteiger partial charge in [0.05, 0.1) is 17.4 Å². The van der Waals surface area contributed by atoms with E-state index in [1.54, 1.807) is 11.8 Å². The van der Waals surface area contributed by atoms with Crippen LogP contribution in [0.4, 0.5) is 0 Å². The van der Waals surface area contributed by atoms with Crippen LogP contribution in [0, 0.1) is 0 Å². The van der Waals surface area contributed by atoms with E-state index in [4.69, 9.17) is 0 Å². The van der Waals surface area contributed by atoms with Gasteiger partial charge in [-0.2, -0.15) is 0 Å². The maximum atomic E-state index is 12.2. The maximum absolute atomic E-state index is 12.2. The first kappa shape index (κ1) is 13.8. The van der Waals surface area contributed by atoms with Gasteiger partial charge < -0.3 is 10.0 Å². The number of rotatable bonds is 4. The molecule has 1 saturated carbocycles. The monoisotopic (exact) mass is 297 g/mol. The van der Waals surface area contributed by atoms with Crippen LogP contribution in [0.3, 0.4) is 0 Å². The van der Waals surface area contributed by atoms with Crippen molar-refractivity contribution in [2.24, 2.45) is 0 Å². The molecule has 1 aromatic rings. The molecular formula is C12H19N5O2S. The summed E-state index contributed by atoms with van der Waals surface area (Å²) in [5.74, 6) is 0.365. The van der Waals surface area contributed by atoms with Crippen molar-refractivity contribution in [2.75, 3.05) is 18.8 Å². The number of likely N-dealkylation sites (tertiary alicyclic amines) is 1. The number of hydrogen-bond donors (Lipinski definition) is 1. The molecule has 1 aliphatic heterocycles. The summed E-state index contributed by atoms with van der Waals surface area (Å²) in [7, 11) is 0. The van der Waals surface area contributed by atoms with E-state index in [9.17, 15) is 9.90 Å². The quantitative estimate of drug-likeness (QED) is 0.814. The third-order valence-corrected chi connectivity index (χ3v) is 4.63. The zero-order chi connectivity index (χ0) is 14.2. The molecule has 0 radical (unpaired) electrons. The van der Waals surface area contributed by atoms with Crippen LogP contribution in [0.1, 0.15) is 38.6 Å². The Morgan fingerprint density at radius 3 is 3.05 bits per heavy atom. The summed E-state index contributed by atoms with van der Waals surface area (Å²) in [6.45, 7) is 2.93. The number of aliphatic hydroxyl groups is 1. The van der Waals surface area contributed by atoms with Crippen molar-refractivity contribution in [2.45, 2.75) is 49.4 Å². The highest BCUT2D eigenvalue weighted by molar-refractivity contribution is 7.99. The molecule has 0 aromatic carbocycles. The average Bonchev–Trinajstić information content (AvgIpc) is 3.14. The van der Waals surface area contributed by atoms with Crippen LogP contribution in [0.5, 0.6) is 0 Å². The fourth-order valence-electron chi connectivity index (χ4n) is 2.48. The van der Waals surface area contributed by atoms with E-state index in [-0.39, 0.29) is 5.91 Å². The fourth-order valence-corrected chi connectivity index (χ4v) is 3.33. The van der Waals surface area contributed by atoms with E-state index < -0.39 is 5.60 Å². The summed E-state index contributed by atoms with van der Waals surface area (Å²) >= 11 is 1.38. The summed E-state index contributed by atoms with van der Waals surface area (Å²) in [5, 5.41) is 22.4. The minimum absolute atomic E-state index is 0.0420. The fraction of sp³-hybridized carbons (Fsp3) is 0.833. The van der Waals surface area contributed by atoms with Crippen LogP contribution in [0.25, 0.3) is 0 Å². The minimum Gasteiger partial charge on any atom is -0.388 e. The third kappa shape index (κ3) is 3.12. The van der Waals surface area contributed by atoms with Gasteiger partial charge in [0.2, 0.25) is 11.1 Å². The van der Waals surface area contributed by atoms with Crippen molar-refractivity contribution in [1.82, 2.24) is 25.1 Å². The lowest BCUT2D eigenvalue weighted by Gasteiger charge is -2.36. The van der Waals surface area contributed by atoms with Crippen LogP contribution in [0.15, 0.2) is 5.16 Å². The Morgan fingerprint density at radius 2 is 2.35 bits per heavy atom. The molecule has 0 spiro atoms. The van der Waals surface area contributed by atoms with Crippen LogP contribution in [-0.2, 0) is 4.79 Å². The Labute approximate surface area is 121 Å². The zero-order valence-corrected chi connectivity index (χ0v) is 12.3. The van der Waals surface area contributed by atoms with Crippen LogP contribution < -0.4 is 0 Å². The Hall–Kier alpha value is -1.15. The lowest BCUT2D eigenvalue weighted by atomic mass is 9.95. The molecular weight excluding hydrogens is 278 g/mol. The van der Waals surface area contributed by atoms with Gasteiger partial charge in [-0.15, -0.1) is 5.10 Å². The van der Waals surface area contributed by atoms with E-state index in [2.05, 4.69) is 15.5 Å². The lowest BCUT2D eigenvalue weighted by Crippen LogP contribution is -2.49. The Kier molecular flexibility index (Phi) is 3.68. The van der Waals surface area contributed by atoms with E-state index >= 15 is 0 Å². The molecule has 20 heavy (non-hydrogen) atoms. The van der Waals surface area contributed by atoms with E-state index in [1.807, 2.05) is 4.68 Å². The van der Waals surface area contributed by atoms with Gasteiger partial charge in [0.15, 0.2) is 0 Å². The molecule has 110 valence electrons. The van der Waals surface area contributed by atoms with Crippen molar-refractivity contribution < 1.29 is 9.90 Å². The number of piperidine rings is 1. The van der Waals surface area contributed by atoms with Gasteiger partial charge in [0, 0.05) is 13.1 Å². The molecule has 1 atom stereocenters. The highest BCUT2D eigenvalue weighted by atomic mass is 32.2. The topological polar surface area (TPSA) is 84.1 Å². The SMILES string of the molecule is CC1(O)CCCN(C(=O)CSc2nnnn2C2CC2)C1. The number of nitrogens with zero attached hydrogens (tertiary/aromatic N) is 5. The number of thioether (sulfide) groups is 1. The molecule has 1 unspecified atom stereocenters. The molecule has 1 amide bonds. The van der Waals surface area contributed by atoms with Gasteiger partial charge in [-0.3, -0.25) is 4.79 Å². The van der Waals surface area contributed by atoms with Gasteiger partial charge in [-0.1, -0.05) is 11.8 Å². The van der Waals surface area contributed by atoms with E-state index in [0.717, 1.165) is 32.2 Å². The predicted molar refractivity (Wildman–Crippen MR) is 73.2 cm³/mol. The van der Waals surface area contributed by atoms with Crippen molar-refractivity contribution in [3.05, 3.63) is 0 Å². The molecule has 1 saturated heterocycles. The molecule has 1 N–H and O–H groups in total. The maximum Gasteiger partial charge on any atom is 0.233 e. The number of carbonyl (C=O) groups is 1. The average molecular weight is 297 g/mol. The van der Waals surface area contributed by atoms with Crippen LogP contribution in [-0.4, -0.2) is 60.6 Å². The normalized spacial score (nSPS) is 26.8. The lowest BCUT2D eigenvalue weighted by molar-refractivity contribution is -0.134. The van der Waals surface area contributed by atoms with Gasteiger partial charge in [-0.05, 0) is 43.0 Å². The summed E-state index contributed by atoms with van der Waals surface area (Å²) in [5.41, 5.74) is -0.756. The van der Waals surface area contributed by atoms with Crippen molar-refractivity contribution in [1.29, 1.82) is 0 Å². The first-order chi connectivity index (χ1) is 9.55. The van der Waals surface area contributed by atoms with Crippen molar-refractivity contribution in [3.8, 4) is 0 Å².